The number of carbonyl (C=O) groups excluding carboxylic acids is 1. The summed E-state index contributed by atoms with van der Waals surface area (Å²) >= 11 is 0. The summed E-state index contributed by atoms with van der Waals surface area (Å²) in [4.78, 5) is 14.9. The number of nitrogens with zero attached hydrogens (tertiary/aromatic N) is 1. The van der Waals surface area contributed by atoms with Crippen molar-refractivity contribution >= 4 is 5.91 Å². The second-order valence-corrected chi connectivity index (χ2v) is 7.12. The molecule has 3 heteroatoms. The number of hydrogen-bond donors (Lipinski definition) is 0. The lowest BCUT2D eigenvalue weighted by Crippen LogP contribution is -2.39. The van der Waals surface area contributed by atoms with E-state index in [1.54, 1.807) is 6.26 Å². The molecule has 1 saturated heterocycles. The molecule has 1 amide bonds. The molecule has 0 N–H and O–H groups in total. The quantitative estimate of drug-likeness (QED) is 0.851. The summed E-state index contributed by atoms with van der Waals surface area (Å²) in [5, 5.41) is 0. The van der Waals surface area contributed by atoms with Crippen molar-refractivity contribution < 1.29 is 9.21 Å². The Hall–Kier alpha value is -2.03. The SMILES string of the molecule is CC1(C)c2occc2CC2C(=O)N(Cc3ccccc3)CC21. The van der Waals surface area contributed by atoms with Gasteiger partial charge in [0.05, 0.1) is 6.26 Å². The smallest absolute Gasteiger partial charge is 0.226 e. The molecule has 22 heavy (non-hydrogen) atoms. The highest BCUT2D eigenvalue weighted by molar-refractivity contribution is 5.82. The number of likely N-dealkylation sites (tertiary alicyclic amines) is 1. The van der Waals surface area contributed by atoms with E-state index in [0.717, 1.165) is 18.7 Å². The molecule has 2 unspecified atom stereocenters. The Labute approximate surface area is 130 Å². The zero-order valence-corrected chi connectivity index (χ0v) is 13.1. The van der Waals surface area contributed by atoms with Crippen molar-refractivity contribution in [1.82, 2.24) is 4.90 Å². The first-order valence-corrected chi connectivity index (χ1v) is 7.97. The second-order valence-electron chi connectivity index (χ2n) is 7.12. The Bertz CT molecular complexity index is 701. The minimum atomic E-state index is -0.0805. The predicted octanol–water partition coefficient (Wildman–Crippen LogP) is 3.39. The number of carbonyl (C=O) groups is 1. The van der Waals surface area contributed by atoms with Gasteiger partial charge in [-0.25, -0.2) is 0 Å². The molecule has 2 aromatic rings. The van der Waals surface area contributed by atoms with E-state index >= 15 is 0 Å². The van der Waals surface area contributed by atoms with Gasteiger partial charge in [0.1, 0.15) is 5.76 Å². The van der Waals surface area contributed by atoms with Crippen LogP contribution in [0.2, 0.25) is 0 Å². The van der Waals surface area contributed by atoms with Crippen molar-refractivity contribution in [2.75, 3.05) is 6.54 Å². The van der Waals surface area contributed by atoms with Crippen LogP contribution in [-0.4, -0.2) is 17.4 Å². The van der Waals surface area contributed by atoms with Crippen LogP contribution in [0.1, 0.15) is 30.7 Å². The molecule has 4 rings (SSSR count). The van der Waals surface area contributed by atoms with Crippen LogP contribution in [0.5, 0.6) is 0 Å². The highest BCUT2D eigenvalue weighted by Crippen LogP contribution is 2.48. The number of fused-ring (bicyclic) bond motifs is 2. The van der Waals surface area contributed by atoms with Crippen LogP contribution >= 0.6 is 0 Å². The fourth-order valence-corrected chi connectivity index (χ4v) is 4.24. The Morgan fingerprint density at radius 1 is 1.23 bits per heavy atom. The molecule has 1 aromatic carbocycles. The zero-order chi connectivity index (χ0) is 15.3. The summed E-state index contributed by atoms with van der Waals surface area (Å²) in [5.74, 6) is 1.81. The minimum absolute atomic E-state index is 0.0805. The van der Waals surface area contributed by atoms with E-state index in [-0.39, 0.29) is 11.3 Å². The van der Waals surface area contributed by atoms with E-state index in [1.807, 2.05) is 29.2 Å². The van der Waals surface area contributed by atoms with Crippen LogP contribution in [0.3, 0.4) is 0 Å². The lowest BCUT2D eigenvalue weighted by atomic mass is 9.65. The van der Waals surface area contributed by atoms with Crippen molar-refractivity contribution in [2.24, 2.45) is 11.8 Å². The highest BCUT2D eigenvalue weighted by Gasteiger charge is 2.52. The van der Waals surface area contributed by atoms with Crippen LogP contribution in [0, 0.1) is 11.8 Å². The van der Waals surface area contributed by atoms with Gasteiger partial charge in [0, 0.05) is 30.3 Å². The number of rotatable bonds is 2. The molecule has 0 saturated carbocycles. The Balaban J connectivity index is 1.62. The number of hydrogen-bond acceptors (Lipinski definition) is 2. The Morgan fingerprint density at radius 2 is 2.00 bits per heavy atom. The first kappa shape index (κ1) is 13.6. The van der Waals surface area contributed by atoms with Gasteiger partial charge in [-0.05, 0) is 23.6 Å². The third-order valence-corrected chi connectivity index (χ3v) is 5.45. The molecular formula is C19H21NO2. The van der Waals surface area contributed by atoms with E-state index in [4.69, 9.17) is 4.42 Å². The summed E-state index contributed by atoms with van der Waals surface area (Å²) in [5.41, 5.74) is 2.33. The Morgan fingerprint density at radius 3 is 2.77 bits per heavy atom. The molecule has 2 aliphatic rings. The van der Waals surface area contributed by atoms with Gasteiger partial charge in [-0.2, -0.15) is 0 Å². The summed E-state index contributed by atoms with van der Waals surface area (Å²) < 4.78 is 5.74. The van der Waals surface area contributed by atoms with Crippen LogP contribution in [-0.2, 0) is 23.2 Å². The third kappa shape index (κ3) is 1.92. The van der Waals surface area contributed by atoms with E-state index in [9.17, 15) is 4.79 Å². The minimum Gasteiger partial charge on any atom is -0.468 e. The van der Waals surface area contributed by atoms with Gasteiger partial charge < -0.3 is 9.32 Å². The molecule has 3 nitrogen and oxygen atoms in total. The normalized spacial score (nSPS) is 25.9. The summed E-state index contributed by atoms with van der Waals surface area (Å²) in [7, 11) is 0. The van der Waals surface area contributed by atoms with Gasteiger partial charge in [0.25, 0.3) is 0 Å². The van der Waals surface area contributed by atoms with Crippen molar-refractivity contribution in [3.63, 3.8) is 0 Å². The van der Waals surface area contributed by atoms with Gasteiger partial charge in [0.15, 0.2) is 0 Å². The molecular weight excluding hydrogens is 274 g/mol. The highest BCUT2D eigenvalue weighted by atomic mass is 16.3. The maximum atomic E-state index is 12.9. The van der Waals surface area contributed by atoms with Crippen molar-refractivity contribution in [1.29, 1.82) is 0 Å². The van der Waals surface area contributed by atoms with E-state index < -0.39 is 0 Å². The van der Waals surface area contributed by atoms with Crippen LogP contribution in [0.25, 0.3) is 0 Å². The number of furan rings is 1. The largest absolute Gasteiger partial charge is 0.468 e. The molecule has 1 fully saturated rings. The summed E-state index contributed by atoms with van der Waals surface area (Å²) in [6, 6.07) is 12.3. The van der Waals surface area contributed by atoms with Gasteiger partial charge in [-0.3, -0.25) is 4.79 Å². The van der Waals surface area contributed by atoms with Crippen LogP contribution < -0.4 is 0 Å². The summed E-state index contributed by atoms with van der Waals surface area (Å²) in [6.45, 7) is 5.96. The van der Waals surface area contributed by atoms with Gasteiger partial charge in [0.2, 0.25) is 5.91 Å². The van der Waals surface area contributed by atoms with E-state index in [1.165, 1.54) is 11.1 Å². The van der Waals surface area contributed by atoms with Gasteiger partial charge in [-0.1, -0.05) is 44.2 Å². The second kappa shape index (κ2) is 4.73. The molecule has 2 heterocycles. The lowest BCUT2D eigenvalue weighted by molar-refractivity contribution is -0.132. The molecule has 2 atom stereocenters. The summed E-state index contributed by atoms with van der Waals surface area (Å²) in [6.07, 6.45) is 2.59. The average molecular weight is 295 g/mol. The molecule has 1 aliphatic carbocycles. The fourth-order valence-electron chi connectivity index (χ4n) is 4.24. The zero-order valence-electron chi connectivity index (χ0n) is 13.1. The topological polar surface area (TPSA) is 33.5 Å². The maximum absolute atomic E-state index is 12.9. The molecule has 0 radical (unpaired) electrons. The first-order chi connectivity index (χ1) is 10.6. The van der Waals surface area contributed by atoms with E-state index in [0.29, 0.717) is 18.4 Å². The average Bonchev–Trinajstić information content (AvgIpc) is 3.09. The Kier molecular flexibility index (Phi) is 2.93. The van der Waals surface area contributed by atoms with Gasteiger partial charge >= 0.3 is 0 Å². The van der Waals surface area contributed by atoms with Gasteiger partial charge in [-0.15, -0.1) is 0 Å². The fraction of sp³-hybridized carbons (Fsp3) is 0.421. The lowest BCUT2D eigenvalue weighted by Gasteiger charge is -2.37. The third-order valence-electron chi connectivity index (χ3n) is 5.45. The molecule has 1 aliphatic heterocycles. The maximum Gasteiger partial charge on any atom is 0.226 e. The standard InChI is InChI=1S/C19H21NO2/c1-19(2)16-12-20(11-13-6-4-3-5-7-13)18(21)15(16)10-14-8-9-22-17(14)19/h3-9,15-16H,10-12H2,1-2H3. The van der Waals surface area contributed by atoms with Crippen molar-refractivity contribution in [3.8, 4) is 0 Å². The molecule has 0 bridgehead atoms. The van der Waals surface area contributed by atoms with Crippen molar-refractivity contribution in [2.45, 2.75) is 32.2 Å². The number of benzene rings is 1. The molecule has 114 valence electrons. The van der Waals surface area contributed by atoms with Crippen LogP contribution in [0.15, 0.2) is 47.1 Å². The van der Waals surface area contributed by atoms with Crippen molar-refractivity contribution in [3.05, 3.63) is 59.5 Å². The first-order valence-electron chi connectivity index (χ1n) is 7.97. The van der Waals surface area contributed by atoms with E-state index in [2.05, 4.69) is 26.0 Å². The number of amides is 1. The van der Waals surface area contributed by atoms with Crippen LogP contribution in [0.4, 0.5) is 0 Å². The molecule has 1 aromatic heterocycles. The predicted molar refractivity (Wildman–Crippen MR) is 84.3 cm³/mol. The monoisotopic (exact) mass is 295 g/mol. The molecule has 0 spiro atoms.